The summed E-state index contributed by atoms with van der Waals surface area (Å²) in [6, 6.07) is 42.7. The van der Waals surface area contributed by atoms with E-state index in [1.807, 2.05) is 0 Å². The van der Waals surface area contributed by atoms with Crippen molar-refractivity contribution in [1.82, 2.24) is 0 Å². The van der Waals surface area contributed by atoms with Gasteiger partial charge in [0, 0.05) is 58.9 Å². The van der Waals surface area contributed by atoms with E-state index >= 15 is 0 Å². The van der Waals surface area contributed by atoms with Crippen molar-refractivity contribution in [3.8, 4) is 0 Å². The Balaban J connectivity index is 1.33. The highest BCUT2D eigenvalue weighted by Crippen LogP contribution is 2.42. The lowest BCUT2D eigenvalue weighted by Crippen LogP contribution is -2.22. The zero-order valence-electron chi connectivity index (χ0n) is 35.3. The van der Waals surface area contributed by atoms with Crippen LogP contribution in [0.2, 0.25) is 0 Å². The molecule has 290 valence electrons. The Kier molecular flexibility index (Phi) is 12.2. The molecule has 3 nitrogen and oxygen atoms in total. The van der Waals surface area contributed by atoms with Gasteiger partial charge in [-0.2, -0.15) is 0 Å². The largest absolute Gasteiger partial charge is 0.382 e. The molecule has 1 saturated carbocycles. The van der Waals surface area contributed by atoms with Gasteiger partial charge in [-0.05, 0) is 142 Å². The second-order valence-electron chi connectivity index (χ2n) is 16.6. The van der Waals surface area contributed by atoms with Crippen molar-refractivity contribution in [3.05, 3.63) is 159 Å². The first-order valence-electron chi connectivity index (χ1n) is 21.4. The smallest absolute Gasteiger partial charge is 0.0470 e. The Morgan fingerprint density at radius 3 is 1.43 bits per heavy atom. The molecule has 3 heteroatoms. The van der Waals surface area contributed by atoms with Crippen LogP contribution in [-0.4, -0.2) is 19.1 Å². The Labute approximate surface area is 337 Å². The van der Waals surface area contributed by atoms with Crippen molar-refractivity contribution in [3.63, 3.8) is 0 Å². The molecule has 0 amide bonds. The van der Waals surface area contributed by atoms with E-state index in [2.05, 4.69) is 180 Å². The molecule has 0 spiro atoms. The molecule has 1 fully saturated rings. The van der Waals surface area contributed by atoms with Crippen molar-refractivity contribution < 1.29 is 0 Å². The van der Waals surface area contributed by atoms with Crippen LogP contribution in [0.1, 0.15) is 115 Å². The minimum Gasteiger partial charge on any atom is -0.382 e. The molecule has 0 bridgehead atoms. The van der Waals surface area contributed by atoms with Crippen LogP contribution in [0.25, 0.3) is 10.8 Å². The van der Waals surface area contributed by atoms with E-state index in [-0.39, 0.29) is 5.92 Å². The minimum atomic E-state index is 0.0664. The van der Waals surface area contributed by atoms with E-state index in [0.717, 1.165) is 25.9 Å². The highest BCUT2D eigenvalue weighted by molar-refractivity contribution is 5.97. The molecule has 56 heavy (non-hydrogen) atoms. The fourth-order valence-electron chi connectivity index (χ4n) is 9.80. The van der Waals surface area contributed by atoms with E-state index in [0.29, 0.717) is 6.04 Å². The first-order valence-corrected chi connectivity index (χ1v) is 21.4. The van der Waals surface area contributed by atoms with Crippen LogP contribution in [-0.2, 0) is 0 Å². The second kappa shape index (κ2) is 17.4. The van der Waals surface area contributed by atoms with Gasteiger partial charge in [-0.1, -0.05) is 123 Å². The van der Waals surface area contributed by atoms with Gasteiger partial charge in [-0.25, -0.2) is 0 Å². The molecule has 6 aromatic carbocycles. The molecular formula is C53H63N3. The predicted octanol–water partition coefficient (Wildman–Crippen LogP) is 14.7. The van der Waals surface area contributed by atoms with Crippen LogP contribution in [0.5, 0.6) is 0 Å². The Bertz CT molecular complexity index is 2100. The summed E-state index contributed by atoms with van der Waals surface area (Å²) in [5.41, 5.74) is 18.4. The summed E-state index contributed by atoms with van der Waals surface area (Å²) in [4.78, 5) is 5.05. The number of nitrogens with one attached hydrogen (secondary N) is 1. The average Bonchev–Trinajstić information content (AvgIpc) is 3.18. The van der Waals surface area contributed by atoms with E-state index in [1.54, 1.807) is 0 Å². The molecule has 0 saturated heterocycles. The van der Waals surface area contributed by atoms with Gasteiger partial charge in [0.2, 0.25) is 0 Å². The molecule has 6 aromatic rings. The van der Waals surface area contributed by atoms with Crippen LogP contribution in [0.15, 0.2) is 109 Å². The average molecular weight is 742 g/mol. The van der Waals surface area contributed by atoms with Crippen LogP contribution in [0.4, 0.5) is 28.4 Å². The fraction of sp³-hybridized carbons (Fsp3) is 0.358. The van der Waals surface area contributed by atoms with Crippen molar-refractivity contribution >= 4 is 39.2 Å². The van der Waals surface area contributed by atoms with Crippen LogP contribution < -0.4 is 15.1 Å². The zero-order chi connectivity index (χ0) is 39.3. The molecule has 1 aliphatic carbocycles. The van der Waals surface area contributed by atoms with Gasteiger partial charge in [0.05, 0.1) is 0 Å². The van der Waals surface area contributed by atoms with Gasteiger partial charge in [0.15, 0.2) is 0 Å². The number of benzene rings is 6. The summed E-state index contributed by atoms with van der Waals surface area (Å²) < 4.78 is 0. The topological polar surface area (TPSA) is 18.5 Å². The molecule has 0 heterocycles. The Hall–Kier alpha value is -5.02. The molecule has 7 rings (SSSR count). The van der Waals surface area contributed by atoms with Gasteiger partial charge in [-0.15, -0.1) is 0 Å². The van der Waals surface area contributed by atoms with Gasteiger partial charge < -0.3 is 15.1 Å². The number of rotatable bonds is 13. The lowest BCUT2D eigenvalue weighted by atomic mass is 9.82. The van der Waals surface area contributed by atoms with Gasteiger partial charge in [0.1, 0.15) is 0 Å². The van der Waals surface area contributed by atoms with Gasteiger partial charge in [-0.3, -0.25) is 0 Å². The molecule has 1 aliphatic rings. The third-order valence-electron chi connectivity index (χ3n) is 12.0. The molecular weight excluding hydrogens is 679 g/mol. The van der Waals surface area contributed by atoms with Gasteiger partial charge >= 0.3 is 0 Å². The zero-order valence-corrected chi connectivity index (χ0v) is 35.3. The number of fused-ring (bicyclic) bond motifs is 1. The maximum Gasteiger partial charge on any atom is 0.0470 e. The number of hydrogen-bond acceptors (Lipinski definition) is 3. The molecule has 0 aromatic heterocycles. The number of anilines is 5. The van der Waals surface area contributed by atoms with Crippen molar-refractivity contribution in [1.29, 1.82) is 0 Å². The summed E-state index contributed by atoms with van der Waals surface area (Å²) in [6.07, 6.45) is 8.66. The maximum absolute atomic E-state index is 3.98. The molecule has 1 N–H and O–H groups in total. The summed E-state index contributed by atoms with van der Waals surface area (Å²) in [5.74, 6) is 0.0664. The third-order valence-corrected chi connectivity index (χ3v) is 12.0. The second-order valence-corrected chi connectivity index (χ2v) is 16.6. The summed E-state index contributed by atoms with van der Waals surface area (Å²) in [7, 11) is 0. The standard InChI is InChI=1S/C53H63N3/c1-9-30-55(52-38(5)32-36(3)33-39(52)6)45-24-20-42(21-25-45)51(49-28-29-50(48-19-15-14-18-47(48)49)54-44-16-12-11-13-17-44)43-22-26-46(27-23-43)56(31-10-2)53-40(7)34-37(4)35-41(53)8/h14-15,18-29,32-35,44,51,54H,9-13,16-17,30-31H2,1-8H3. The van der Waals surface area contributed by atoms with E-state index in [1.165, 1.54) is 121 Å². The number of aryl methyl sites for hydroxylation is 6. The first-order chi connectivity index (χ1) is 27.2. The van der Waals surface area contributed by atoms with Crippen molar-refractivity contribution in [2.24, 2.45) is 0 Å². The van der Waals surface area contributed by atoms with Gasteiger partial charge in [0.25, 0.3) is 0 Å². The Morgan fingerprint density at radius 2 is 0.982 bits per heavy atom. The predicted molar refractivity (Wildman–Crippen MR) is 244 cm³/mol. The SMILES string of the molecule is CCCN(c1ccc(C(c2ccc(N(CCC)c3c(C)cc(C)cc3C)cc2)c2ccc(NC3CCCCC3)c3ccccc23)cc1)c1c(C)cc(C)cc1C. The number of nitrogens with zero attached hydrogens (tertiary/aromatic N) is 2. The first kappa shape index (κ1) is 39.2. The van der Waals surface area contributed by atoms with Crippen LogP contribution in [0, 0.1) is 41.5 Å². The Morgan fingerprint density at radius 1 is 0.536 bits per heavy atom. The minimum absolute atomic E-state index is 0.0664. The molecule has 0 unspecified atom stereocenters. The molecule has 0 aliphatic heterocycles. The normalized spacial score (nSPS) is 13.4. The van der Waals surface area contributed by atoms with Crippen LogP contribution in [0.3, 0.4) is 0 Å². The lowest BCUT2D eigenvalue weighted by Gasteiger charge is -2.30. The monoisotopic (exact) mass is 742 g/mol. The highest BCUT2D eigenvalue weighted by Gasteiger charge is 2.24. The van der Waals surface area contributed by atoms with E-state index < -0.39 is 0 Å². The summed E-state index contributed by atoms with van der Waals surface area (Å²) in [6.45, 7) is 19.9. The van der Waals surface area contributed by atoms with Crippen LogP contribution >= 0.6 is 0 Å². The van der Waals surface area contributed by atoms with Crippen molar-refractivity contribution in [2.45, 2.75) is 112 Å². The van der Waals surface area contributed by atoms with Crippen molar-refractivity contribution in [2.75, 3.05) is 28.2 Å². The maximum atomic E-state index is 3.98. The van der Waals surface area contributed by atoms with E-state index in [4.69, 9.17) is 0 Å². The third kappa shape index (κ3) is 8.24. The quantitative estimate of drug-likeness (QED) is 0.119. The number of hydrogen-bond donors (Lipinski definition) is 1. The summed E-state index contributed by atoms with van der Waals surface area (Å²) >= 11 is 0. The lowest BCUT2D eigenvalue weighted by molar-refractivity contribution is 0.463. The molecule has 0 atom stereocenters. The fourth-order valence-corrected chi connectivity index (χ4v) is 9.80. The molecule has 0 radical (unpaired) electrons. The van der Waals surface area contributed by atoms with E-state index in [9.17, 15) is 0 Å². The highest BCUT2D eigenvalue weighted by atomic mass is 15.1. The summed E-state index contributed by atoms with van der Waals surface area (Å²) in [5, 5.41) is 6.61.